The van der Waals surface area contributed by atoms with Crippen LogP contribution in [0, 0.1) is 0 Å². The van der Waals surface area contributed by atoms with Crippen molar-refractivity contribution in [3.63, 3.8) is 0 Å². The Bertz CT molecular complexity index is 1310. The van der Waals surface area contributed by atoms with Crippen molar-refractivity contribution in [2.24, 2.45) is 0 Å². The third-order valence-electron chi connectivity index (χ3n) is 7.24. The van der Waals surface area contributed by atoms with Crippen molar-refractivity contribution in [1.82, 2.24) is 19.5 Å². The minimum absolute atomic E-state index is 0.0467. The molecular formula is C26H26ClN5O4. The second kappa shape index (κ2) is 9.42. The lowest BCUT2D eigenvalue weighted by Crippen LogP contribution is -2.33. The lowest BCUT2D eigenvalue weighted by Gasteiger charge is -2.19. The highest BCUT2D eigenvalue weighted by Gasteiger charge is 2.44. The molecule has 0 spiro atoms. The van der Waals surface area contributed by atoms with E-state index in [4.69, 9.17) is 16.3 Å². The average molecular weight is 508 g/mol. The Morgan fingerprint density at radius 2 is 1.50 bits per heavy atom. The van der Waals surface area contributed by atoms with E-state index >= 15 is 0 Å². The Morgan fingerprint density at radius 1 is 0.889 bits per heavy atom. The summed E-state index contributed by atoms with van der Waals surface area (Å²) in [4.78, 5) is 15.7. The normalized spacial score (nSPS) is 28.3. The van der Waals surface area contributed by atoms with E-state index in [9.17, 15) is 15.3 Å². The third-order valence-corrected chi connectivity index (χ3v) is 7.41. The molecule has 6 rings (SSSR count). The van der Waals surface area contributed by atoms with Gasteiger partial charge in [-0.05, 0) is 22.7 Å². The van der Waals surface area contributed by atoms with E-state index in [0.29, 0.717) is 30.1 Å². The number of hydrogen-bond acceptors (Lipinski definition) is 8. The highest BCUT2D eigenvalue weighted by Crippen LogP contribution is 2.42. The topological polar surface area (TPSA) is 117 Å². The van der Waals surface area contributed by atoms with Crippen molar-refractivity contribution in [3.05, 3.63) is 83.4 Å². The molecule has 2 aliphatic heterocycles. The summed E-state index contributed by atoms with van der Waals surface area (Å²) in [7, 11) is 0. The first-order valence-electron chi connectivity index (χ1n) is 11.9. The van der Waals surface area contributed by atoms with Crippen LogP contribution in [-0.2, 0) is 4.74 Å². The number of fused-ring (bicyclic) bond motifs is 1. The molecular weight excluding hydrogens is 482 g/mol. The molecule has 0 radical (unpaired) electrons. The van der Waals surface area contributed by atoms with Crippen LogP contribution in [-0.4, -0.2) is 72.8 Å². The van der Waals surface area contributed by atoms with Crippen LogP contribution in [0.4, 0.5) is 5.82 Å². The first-order valence-corrected chi connectivity index (χ1v) is 12.3. The maximum atomic E-state index is 10.5. The molecule has 6 atom stereocenters. The van der Waals surface area contributed by atoms with Crippen LogP contribution in [0.15, 0.2) is 67.0 Å². The van der Waals surface area contributed by atoms with Gasteiger partial charge >= 0.3 is 0 Å². The SMILES string of the molecule is OC[C@H]1O[C@@H](n2cnc3c(N4CC(c5ccccc5)C(c5ccccc5)C4)nc(Cl)nc32)C(O)[C@H]1O. The zero-order valence-electron chi connectivity index (χ0n) is 19.3. The van der Waals surface area contributed by atoms with Crippen molar-refractivity contribution in [3.8, 4) is 0 Å². The van der Waals surface area contributed by atoms with Crippen molar-refractivity contribution in [2.75, 3.05) is 24.6 Å². The molecule has 0 bridgehead atoms. The monoisotopic (exact) mass is 507 g/mol. The standard InChI is InChI=1S/C26H26ClN5O4/c27-26-29-23(20-24(30-26)32(14-28-20)25-22(35)21(34)19(13-33)36-25)31-11-17(15-7-3-1-4-8-15)18(12-31)16-9-5-2-6-10-16/h1-10,14,17-19,21-22,25,33-35H,11-13H2/t17?,18?,19-,21+,22?,25-/m1/s1. The predicted octanol–water partition coefficient (Wildman–Crippen LogP) is 2.48. The van der Waals surface area contributed by atoms with Gasteiger partial charge in [0, 0.05) is 24.9 Å². The molecule has 4 heterocycles. The Hall–Kier alpha value is -3.08. The first kappa shape index (κ1) is 23.3. The summed E-state index contributed by atoms with van der Waals surface area (Å²) >= 11 is 6.38. The van der Waals surface area contributed by atoms with E-state index in [0.717, 1.165) is 0 Å². The number of rotatable bonds is 5. The van der Waals surface area contributed by atoms with Crippen LogP contribution in [0.3, 0.4) is 0 Å². The maximum absolute atomic E-state index is 10.5. The van der Waals surface area contributed by atoms with Gasteiger partial charge in [0.05, 0.1) is 12.9 Å². The molecule has 0 amide bonds. The van der Waals surface area contributed by atoms with Gasteiger partial charge in [-0.25, -0.2) is 4.98 Å². The van der Waals surface area contributed by atoms with Crippen LogP contribution in [0.2, 0.25) is 5.28 Å². The summed E-state index contributed by atoms with van der Waals surface area (Å²) in [6.07, 6.45) is -2.86. The number of aromatic nitrogens is 4. The number of imidazole rings is 1. The van der Waals surface area contributed by atoms with Gasteiger partial charge in [-0.15, -0.1) is 0 Å². The molecule has 3 unspecified atom stereocenters. The number of hydrogen-bond donors (Lipinski definition) is 3. The number of ether oxygens (including phenoxy) is 1. The van der Waals surface area contributed by atoms with Gasteiger partial charge in [-0.2, -0.15) is 9.97 Å². The largest absolute Gasteiger partial charge is 0.394 e. The molecule has 4 aromatic rings. The summed E-state index contributed by atoms with van der Waals surface area (Å²) in [6.45, 7) is 1.01. The Balaban J connectivity index is 1.39. The van der Waals surface area contributed by atoms with Crippen molar-refractivity contribution in [1.29, 1.82) is 0 Å². The van der Waals surface area contributed by atoms with Gasteiger partial charge in [-0.3, -0.25) is 4.57 Å². The van der Waals surface area contributed by atoms with Gasteiger partial charge in [0.25, 0.3) is 0 Å². The number of aliphatic hydroxyl groups excluding tert-OH is 3. The summed E-state index contributed by atoms with van der Waals surface area (Å²) in [6, 6.07) is 20.9. The summed E-state index contributed by atoms with van der Waals surface area (Å²) in [5.41, 5.74) is 3.42. The van der Waals surface area contributed by atoms with Crippen molar-refractivity contribution in [2.45, 2.75) is 36.4 Å². The lowest BCUT2D eigenvalue weighted by molar-refractivity contribution is -0.0511. The van der Waals surface area contributed by atoms with Gasteiger partial charge in [0.15, 0.2) is 23.2 Å². The molecule has 3 N–H and O–H groups in total. The number of aliphatic hydroxyl groups is 3. The van der Waals surface area contributed by atoms with Crippen LogP contribution >= 0.6 is 11.6 Å². The number of halogens is 1. The lowest BCUT2D eigenvalue weighted by atomic mass is 9.84. The summed E-state index contributed by atoms with van der Waals surface area (Å²) < 4.78 is 7.24. The summed E-state index contributed by atoms with van der Waals surface area (Å²) in [5, 5.41) is 30.3. The third kappa shape index (κ3) is 3.93. The van der Waals surface area contributed by atoms with Gasteiger partial charge in [0.2, 0.25) is 5.28 Å². The molecule has 2 fully saturated rings. The Labute approximate surface area is 212 Å². The minimum atomic E-state index is -1.26. The van der Waals surface area contributed by atoms with Gasteiger partial charge < -0.3 is 25.0 Å². The van der Waals surface area contributed by atoms with Crippen molar-refractivity contribution < 1.29 is 20.1 Å². The second-order valence-corrected chi connectivity index (χ2v) is 9.65. The molecule has 9 nitrogen and oxygen atoms in total. The second-order valence-electron chi connectivity index (χ2n) is 9.31. The van der Waals surface area contributed by atoms with E-state index in [1.165, 1.54) is 22.0 Å². The highest BCUT2D eigenvalue weighted by molar-refractivity contribution is 6.28. The van der Waals surface area contributed by atoms with Crippen LogP contribution in [0.5, 0.6) is 0 Å². The van der Waals surface area contributed by atoms with Crippen LogP contribution in [0.25, 0.3) is 11.2 Å². The molecule has 2 aromatic heterocycles. The molecule has 2 saturated heterocycles. The van der Waals surface area contributed by atoms with Gasteiger partial charge in [0.1, 0.15) is 18.3 Å². The van der Waals surface area contributed by atoms with E-state index in [1.54, 1.807) is 0 Å². The molecule has 2 aliphatic rings. The van der Waals surface area contributed by atoms with Gasteiger partial charge in [-0.1, -0.05) is 60.7 Å². The summed E-state index contributed by atoms with van der Waals surface area (Å²) in [5.74, 6) is 1.08. The van der Waals surface area contributed by atoms with Crippen LogP contribution < -0.4 is 4.90 Å². The first-order chi connectivity index (χ1) is 17.5. The minimum Gasteiger partial charge on any atom is -0.394 e. The number of benzene rings is 2. The van der Waals surface area contributed by atoms with Crippen molar-refractivity contribution >= 4 is 28.6 Å². The highest BCUT2D eigenvalue weighted by atomic mass is 35.5. The van der Waals surface area contributed by atoms with E-state index < -0.39 is 31.1 Å². The Morgan fingerprint density at radius 3 is 2.06 bits per heavy atom. The number of anilines is 1. The molecule has 10 heteroatoms. The maximum Gasteiger partial charge on any atom is 0.226 e. The fourth-order valence-electron chi connectivity index (χ4n) is 5.45. The van der Waals surface area contributed by atoms with Crippen LogP contribution in [0.1, 0.15) is 29.2 Å². The molecule has 2 aromatic carbocycles. The fraction of sp³-hybridized carbons (Fsp3) is 0.346. The molecule has 186 valence electrons. The Kier molecular flexibility index (Phi) is 6.10. The zero-order valence-corrected chi connectivity index (χ0v) is 20.1. The van der Waals surface area contributed by atoms with E-state index in [2.05, 4.69) is 68.4 Å². The number of nitrogens with zero attached hydrogens (tertiary/aromatic N) is 5. The van der Waals surface area contributed by atoms with E-state index in [-0.39, 0.29) is 17.1 Å². The molecule has 0 aliphatic carbocycles. The predicted molar refractivity (Wildman–Crippen MR) is 134 cm³/mol. The smallest absolute Gasteiger partial charge is 0.226 e. The fourth-order valence-corrected chi connectivity index (χ4v) is 5.61. The quantitative estimate of drug-likeness (QED) is 0.353. The molecule has 36 heavy (non-hydrogen) atoms. The zero-order chi connectivity index (χ0) is 24.8. The average Bonchev–Trinajstić information content (AvgIpc) is 3.61. The van der Waals surface area contributed by atoms with E-state index in [1.807, 2.05) is 12.1 Å². The molecule has 0 saturated carbocycles.